The SMILES string of the molecule is Cc1cnn(CC(=O)N2CCCC(O)(COc3ccc(C)c(C)c3)CC2)c1. The highest BCUT2D eigenvalue weighted by molar-refractivity contribution is 5.75. The van der Waals surface area contributed by atoms with Crippen molar-refractivity contribution in [2.24, 2.45) is 0 Å². The van der Waals surface area contributed by atoms with Gasteiger partial charge in [0, 0.05) is 19.3 Å². The number of likely N-dealkylation sites (tertiary alicyclic amines) is 1. The number of hydrogen-bond acceptors (Lipinski definition) is 4. The van der Waals surface area contributed by atoms with Crippen molar-refractivity contribution >= 4 is 5.91 Å². The summed E-state index contributed by atoms with van der Waals surface area (Å²) in [5.74, 6) is 0.815. The van der Waals surface area contributed by atoms with Crippen LogP contribution in [-0.4, -0.2) is 51.0 Å². The van der Waals surface area contributed by atoms with E-state index < -0.39 is 5.60 Å². The molecule has 6 heteroatoms. The van der Waals surface area contributed by atoms with E-state index >= 15 is 0 Å². The van der Waals surface area contributed by atoms with Gasteiger partial charge in [0.25, 0.3) is 0 Å². The largest absolute Gasteiger partial charge is 0.491 e. The predicted molar refractivity (Wildman–Crippen MR) is 104 cm³/mol. The molecule has 1 N–H and O–H groups in total. The van der Waals surface area contributed by atoms with Gasteiger partial charge in [0.15, 0.2) is 0 Å². The highest BCUT2D eigenvalue weighted by atomic mass is 16.5. The molecule has 0 saturated carbocycles. The summed E-state index contributed by atoms with van der Waals surface area (Å²) in [5, 5.41) is 15.1. The summed E-state index contributed by atoms with van der Waals surface area (Å²) in [6, 6.07) is 5.96. The lowest BCUT2D eigenvalue weighted by atomic mass is 9.96. The van der Waals surface area contributed by atoms with E-state index in [1.165, 1.54) is 11.1 Å². The zero-order valence-electron chi connectivity index (χ0n) is 16.4. The van der Waals surface area contributed by atoms with Crippen molar-refractivity contribution in [1.82, 2.24) is 14.7 Å². The van der Waals surface area contributed by atoms with Gasteiger partial charge in [-0.3, -0.25) is 9.48 Å². The first kappa shape index (κ1) is 19.4. The van der Waals surface area contributed by atoms with Crippen LogP contribution >= 0.6 is 0 Å². The van der Waals surface area contributed by atoms with E-state index in [0.29, 0.717) is 25.9 Å². The number of aryl methyl sites for hydroxylation is 3. The molecule has 1 aromatic heterocycles. The Kier molecular flexibility index (Phi) is 5.85. The van der Waals surface area contributed by atoms with Gasteiger partial charge in [-0.25, -0.2) is 0 Å². The van der Waals surface area contributed by atoms with Crippen molar-refractivity contribution < 1.29 is 14.6 Å². The van der Waals surface area contributed by atoms with Crippen molar-refractivity contribution in [3.8, 4) is 5.75 Å². The first-order valence-corrected chi connectivity index (χ1v) is 9.54. The van der Waals surface area contributed by atoms with Crippen LogP contribution in [0.5, 0.6) is 5.75 Å². The molecule has 1 aliphatic heterocycles. The minimum absolute atomic E-state index is 0.0393. The van der Waals surface area contributed by atoms with Crippen LogP contribution in [0.15, 0.2) is 30.6 Å². The van der Waals surface area contributed by atoms with Crippen molar-refractivity contribution in [3.05, 3.63) is 47.3 Å². The number of rotatable bonds is 5. The number of carbonyl (C=O) groups is 1. The molecule has 1 saturated heterocycles. The highest BCUT2D eigenvalue weighted by Crippen LogP contribution is 2.25. The minimum Gasteiger partial charge on any atom is -0.491 e. The second kappa shape index (κ2) is 8.13. The number of aromatic nitrogens is 2. The van der Waals surface area contributed by atoms with Gasteiger partial charge in [-0.1, -0.05) is 6.07 Å². The van der Waals surface area contributed by atoms with Crippen LogP contribution in [0.3, 0.4) is 0 Å². The summed E-state index contributed by atoms with van der Waals surface area (Å²) in [7, 11) is 0. The zero-order valence-corrected chi connectivity index (χ0v) is 16.4. The molecule has 3 rings (SSSR count). The molecule has 0 aliphatic carbocycles. The Morgan fingerprint density at radius 3 is 2.74 bits per heavy atom. The molecule has 1 amide bonds. The van der Waals surface area contributed by atoms with Crippen LogP contribution in [0.1, 0.15) is 36.0 Å². The third kappa shape index (κ3) is 5.10. The van der Waals surface area contributed by atoms with Gasteiger partial charge in [0.05, 0.1) is 6.20 Å². The van der Waals surface area contributed by atoms with Crippen molar-refractivity contribution in [3.63, 3.8) is 0 Å². The smallest absolute Gasteiger partial charge is 0.244 e. The van der Waals surface area contributed by atoms with Crippen molar-refractivity contribution in [2.75, 3.05) is 19.7 Å². The summed E-state index contributed by atoms with van der Waals surface area (Å²) in [5.41, 5.74) is 2.52. The predicted octanol–water partition coefficient (Wildman–Crippen LogP) is 2.63. The number of nitrogens with zero attached hydrogens (tertiary/aromatic N) is 3. The van der Waals surface area contributed by atoms with Crippen LogP contribution in [0, 0.1) is 20.8 Å². The maximum atomic E-state index is 12.5. The van der Waals surface area contributed by atoms with E-state index in [1.807, 2.05) is 43.1 Å². The highest BCUT2D eigenvalue weighted by Gasteiger charge is 2.32. The molecule has 146 valence electrons. The quantitative estimate of drug-likeness (QED) is 0.877. The summed E-state index contributed by atoms with van der Waals surface area (Å²) in [6.07, 6.45) is 5.52. The number of aliphatic hydroxyl groups is 1. The maximum Gasteiger partial charge on any atom is 0.244 e. The van der Waals surface area contributed by atoms with Gasteiger partial charge in [0.1, 0.15) is 24.5 Å². The molecular formula is C21H29N3O3. The Morgan fingerprint density at radius 2 is 2.04 bits per heavy atom. The fourth-order valence-corrected chi connectivity index (χ4v) is 3.39. The third-order valence-electron chi connectivity index (χ3n) is 5.32. The molecule has 0 bridgehead atoms. The first-order valence-electron chi connectivity index (χ1n) is 9.54. The lowest BCUT2D eigenvalue weighted by molar-refractivity contribution is -0.132. The first-order chi connectivity index (χ1) is 12.8. The van der Waals surface area contributed by atoms with Gasteiger partial charge < -0.3 is 14.7 Å². The lowest BCUT2D eigenvalue weighted by Crippen LogP contribution is -2.39. The minimum atomic E-state index is -0.907. The molecule has 1 fully saturated rings. The van der Waals surface area contributed by atoms with Crippen molar-refractivity contribution in [2.45, 2.75) is 52.2 Å². The zero-order chi connectivity index (χ0) is 19.4. The molecule has 1 aromatic carbocycles. The second-order valence-corrected chi connectivity index (χ2v) is 7.71. The van der Waals surface area contributed by atoms with Gasteiger partial charge >= 0.3 is 0 Å². The fraction of sp³-hybridized carbons (Fsp3) is 0.524. The average molecular weight is 371 g/mol. The number of benzene rings is 1. The van der Waals surface area contributed by atoms with Crippen LogP contribution < -0.4 is 4.74 Å². The molecule has 2 aromatic rings. The fourth-order valence-electron chi connectivity index (χ4n) is 3.39. The molecule has 2 heterocycles. The molecule has 6 nitrogen and oxygen atoms in total. The van der Waals surface area contributed by atoms with Gasteiger partial charge in [-0.2, -0.15) is 5.10 Å². The maximum absolute atomic E-state index is 12.5. The Hall–Kier alpha value is -2.34. The Morgan fingerprint density at radius 1 is 1.22 bits per heavy atom. The third-order valence-corrected chi connectivity index (χ3v) is 5.32. The van der Waals surface area contributed by atoms with Gasteiger partial charge in [-0.05, 0) is 68.9 Å². The Bertz CT molecular complexity index is 802. The summed E-state index contributed by atoms with van der Waals surface area (Å²) in [4.78, 5) is 14.4. The van der Waals surface area contributed by atoms with E-state index in [9.17, 15) is 9.90 Å². The number of carbonyl (C=O) groups excluding carboxylic acids is 1. The molecule has 1 aliphatic rings. The lowest BCUT2D eigenvalue weighted by Gasteiger charge is -2.27. The van der Waals surface area contributed by atoms with E-state index in [-0.39, 0.29) is 19.1 Å². The topological polar surface area (TPSA) is 67.6 Å². The number of hydrogen-bond donors (Lipinski definition) is 1. The number of ether oxygens (including phenoxy) is 1. The normalized spacial score (nSPS) is 20.4. The van der Waals surface area contributed by atoms with E-state index in [1.54, 1.807) is 10.9 Å². The van der Waals surface area contributed by atoms with E-state index in [4.69, 9.17) is 4.74 Å². The molecular weight excluding hydrogens is 342 g/mol. The summed E-state index contributed by atoms with van der Waals surface area (Å²) < 4.78 is 7.53. The van der Waals surface area contributed by atoms with Crippen LogP contribution in [0.2, 0.25) is 0 Å². The summed E-state index contributed by atoms with van der Waals surface area (Å²) in [6.45, 7) is 7.75. The van der Waals surface area contributed by atoms with E-state index in [0.717, 1.165) is 17.7 Å². The van der Waals surface area contributed by atoms with E-state index in [2.05, 4.69) is 12.0 Å². The van der Waals surface area contributed by atoms with Crippen LogP contribution in [0.4, 0.5) is 0 Å². The molecule has 1 atom stereocenters. The average Bonchev–Trinajstić information content (AvgIpc) is 2.92. The van der Waals surface area contributed by atoms with Crippen LogP contribution in [-0.2, 0) is 11.3 Å². The number of amides is 1. The van der Waals surface area contributed by atoms with Crippen LogP contribution in [0.25, 0.3) is 0 Å². The van der Waals surface area contributed by atoms with Gasteiger partial charge in [-0.15, -0.1) is 0 Å². The Labute approximate surface area is 160 Å². The molecule has 27 heavy (non-hydrogen) atoms. The van der Waals surface area contributed by atoms with Crippen molar-refractivity contribution in [1.29, 1.82) is 0 Å². The monoisotopic (exact) mass is 371 g/mol. The second-order valence-electron chi connectivity index (χ2n) is 7.71. The molecule has 0 spiro atoms. The van der Waals surface area contributed by atoms with Gasteiger partial charge in [0.2, 0.25) is 5.91 Å². The standard InChI is InChI=1S/C21H29N3O3/c1-16-12-22-24(13-16)14-20(25)23-9-4-7-21(26,8-10-23)15-27-19-6-5-17(2)18(3)11-19/h5-6,11-13,26H,4,7-10,14-15H2,1-3H3. The summed E-state index contributed by atoms with van der Waals surface area (Å²) >= 11 is 0. The Balaban J connectivity index is 1.54. The molecule has 0 radical (unpaired) electrons. The molecule has 1 unspecified atom stereocenters.